The average molecular weight is 277 g/mol. The summed E-state index contributed by atoms with van der Waals surface area (Å²) in [5.41, 5.74) is 6.71. The second-order valence-electron chi connectivity index (χ2n) is 4.17. The Morgan fingerprint density at radius 2 is 2.26 bits per heavy atom. The van der Waals surface area contributed by atoms with E-state index in [-0.39, 0.29) is 24.2 Å². The van der Waals surface area contributed by atoms with Gasteiger partial charge < -0.3 is 16.2 Å². The Bertz CT molecular complexity index is 581. The molecule has 0 fully saturated rings. The van der Waals surface area contributed by atoms with Crippen molar-refractivity contribution in [1.29, 1.82) is 0 Å². The highest BCUT2D eigenvalue weighted by atomic mass is 32.1. The highest BCUT2D eigenvalue weighted by Crippen LogP contribution is 2.17. The van der Waals surface area contributed by atoms with Crippen LogP contribution in [-0.4, -0.2) is 16.0 Å². The summed E-state index contributed by atoms with van der Waals surface area (Å²) in [7, 11) is 0. The van der Waals surface area contributed by atoms with E-state index in [4.69, 9.17) is 5.73 Å². The monoisotopic (exact) mass is 277 g/mol. The van der Waals surface area contributed by atoms with Crippen LogP contribution >= 0.6 is 11.3 Å². The minimum atomic E-state index is -0.272. The lowest BCUT2D eigenvalue weighted by Gasteiger charge is -2.05. The van der Waals surface area contributed by atoms with E-state index in [1.165, 1.54) is 11.3 Å². The number of benzene rings is 1. The van der Waals surface area contributed by atoms with Gasteiger partial charge >= 0.3 is 0 Å². The maximum Gasteiger partial charge on any atom is 0.271 e. The van der Waals surface area contributed by atoms with Gasteiger partial charge in [0, 0.05) is 17.5 Å². The molecule has 0 aliphatic carbocycles. The number of phenols is 1. The van der Waals surface area contributed by atoms with Gasteiger partial charge in [-0.15, -0.1) is 11.3 Å². The van der Waals surface area contributed by atoms with Gasteiger partial charge in [-0.2, -0.15) is 0 Å². The predicted molar refractivity (Wildman–Crippen MR) is 74.0 cm³/mol. The molecule has 0 spiro atoms. The number of nitrogens with one attached hydrogen (secondary N) is 1. The van der Waals surface area contributed by atoms with E-state index in [2.05, 4.69) is 10.3 Å². The molecule has 0 aliphatic heterocycles. The number of carbonyl (C=O) groups is 1. The summed E-state index contributed by atoms with van der Waals surface area (Å²) in [6.07, 6.45) is 0. The first-order valence-electron chi connectivity index (χ1n) is 5.84. The minimum Gasteiger partial charge on any atom is -0.508 e. The largest absolute Gasteiger partial charge is 0.508 e. The third kappa shape index (κ3) is 3.30. The number of nitrogens with two attached hydrogens (primary N) is 1. The van der Waals surface area contributed by atoms with Gasteiger partial charge in [-0.3, -0.25) is 4.79 Å². The van der Waals surface area contributed by atoms with Crippen molar-refractivity contribution >= 4 is 17.2 Å². The first kappa shape index (κ1) is 13.5. The zero-order valence-electron chi connectivity index (χ0n) is 10.5. The molecular weight excluding hydrogens is 262 g/mol. The fourth-order valence-corrected chi connectivity index (χ4v) is 2.29. The molecule has 0 saturated carbocycles. The fourth-order valence-electron chi connectivity index (χ4n) is 1.53. The maximum absolute atomic E-state index is 11.9. The Hall–Kier alpha value is -1.92. The highest BCUT2D eigenvalue weighted by molar-refractivity contribution is 7.09. The van der Waals surface area contributed by atoms with Crippen molar-refractivity contribution in [2.45, 2.75) is 19.5 Å². The van der Waals surface area contributed by atoms with Crippen LogP contribution in [0.25, 0.3) is 0 Å². The van der Waals surface area contributed by atoms with Crippen LogP contribution in [0.3, 0.4) is 0 Å². The van der Waals surface area contributed by atoms with Crippen molar-refractivity contribution in [3.63, 3.8) is 0 Å². The number of rotatable bonds is 4. The molecule has 19 heavy (non-hydrogen) atoms. The normalized spacial score (nSPS) is 12.1. The smallest absolute Gasteiger partial charge is 0.271 e. The first-order valence-corrected chi connectivity index (χ1v) is 6.72. The van der Waals surface area contributed by atoms with Crippen LogP contribution in [0.5, 0.6) is 5.75 Å². The van der Waals surface area contributed by atoms with Gasteiger partial charge in [-0.05, 0) is 13.0 Å². The zero-order valence-corrected chi connectivity index (χ0v) is 11.3. The van der Waals surface area contributed by atoms with Gasteiger partial charge in [-0.1, -0.05) is 18.2 Å². The number of para-hydroxylation sites is 1. The lowest BCUT2D eigenvalue weighted by Crippen LogP contribution is -2.23. The summed E-state index contributed by atoms with van der Waals surface area (Å²) >= 11 is 1.36. The van der Waals surface area contributed by atoms with Crippen molar-refractivity contribution in [1.82, 2.24) is 10.3 Å². The molecule has 5 nitrogen and oxygen atoms in total. The number of hydrogen-bond acceptors (Lipinski definition) is 5. The number of aromatic hydroxyl groups is 1. The van der Waals surface area contributed by atoms with Crippen LogP contribution in [0.15, 0.2) is 29.6 Å². The first-order chi connectivity index (χ1) is 9.08. The Labute approximate surface area is 115 Å². The topological polar surface area (TPSA) is 88.2 Å². The van der Waals surface area contributed by atoms with Crippen LogP contribution in [0.2, 0.25) is 0 Å². The standard InChI is InChI=1S/C13H15N3O2S/c1-8(14)13-16-10(7-19-13)12(18)15-6-9-4-2-3-5-11(9)17/h2-5,7-8,17H,6,14H2,1H3,(H,15,18). The maximum atomic E-state index is 11.9. The van der Waals surface area contributed by atoms with Gasteiger partial charge in [0.1, 0.15) is 16.5 Å². The van der Waals surface area contributed by atoms with Gasteiger partial charge in [0.25, 0.3) is 5.91 Å². The molecule has 2 aromatic rings. The summed E-state index contributed by atoms with van der Waals surface area (Å²) in [5.74, 6) is -0.108. The number of carbonyl (C=O) groups excluding carboxylic acids is 1. The molecule has 0 radical (unpaired) electrons. The molecule has 0 saturated heterocycles. The van der Waals surface area contributed by atoms with Crippen LogP contribution in [0.1, 0.15) is 34.0 Å². The summed E-state index contributed by atoms with van der Waals surface area (Å²) in [4.78, 5) is 16.0. The molecule has 100 valence electrons. The summed E-state index contributed by atoms with van der Waals surface area (Å²) in [6, 6.07) is 6.70. The zero-order chi connectivity index (χ0) is 13.8. The van der Waals surface area contributed by atoms with E-state index in [0.717, 1.165) is 5.01 Å². The number of amides is 1. The summed E-state index contributed by atoms with van der Waals surface area (Å²) in [5, 5.41) is 14.7. The van der Waals surface area contributed by atoms with E-state index in [0.29, 0.717) is 11.3 Å². The second-order valence-corrected chi connectivity index (χ2v) is 5.06. The quantitative estimate of drug-likeness (QED) is 0.795. The minimum absolute atomic E-state index is 0.164. The third-order valence-electron chi connectivity index (χ3n) is 2.58. The predicted octanol–water partition coefficient (Wildman–Crippen LogP) is 1.80. The van der Waals surface area contributed by atoms with Crippen LogP contribution in [0, 0.1) is 0 Å². The number of aromatic nitrogens is 1. The molecule has 6 heteroatoms. The summed E-state index contributed by atoms with van der Waals surface area (Å²) in [6.45, 7) is 2.08. The van der Waals surface area contributed by atoms with Crippen molar-refractivity contribution in [2.75, 3.05) is 0 Å². The van der Waals surface area contributed by atoms with Crippen LogP contribution < -0.4 is 11.1 Å². The van der Waals surface area contributed by atoms with Crippen LogP contribution in [0.4, 0.5) is 0 Å². The number of phenolic OH excluding ortho intramolecular Hbond substituents is 1. The highest BCUT2D eigenvalue weighted by Gasteiger charge is 2.12. The van der Waals surface area contributed by atoms with Crippen molar-refractivity contribution < 1.29 is 9.90 Å². The van der Waals surface area contributed by atoms with Crippen molar-refractivity contribution in [3.8, 4) is 5.75 Å². The number of nitrogens with zero attached hydrogens (tertiary/aromatic N) is 1. The van der Waals surface area contributed by atoms with Crippen molar-refractivity contribution in [2.24, 2.45) is 5.73 Å². The van der Waals surface area contributed by atoms with E-state index >= 15 is 0 Å². The average Bonchev–Trinajstić information content (AvgIpc) is 2.87. The molecule has 1 atom stereocenters. The number of hydrogen-bond donors (Lipinski definition) is 3. The molecule has 1 unspecified atom stereocenters. The van der Waals surface area contributed by atoms with E-state index < -0.39 is 0 Å². The second kappa shape index (κ2) is 5.81. The van der Waals surface area contributed by atoms with E-state index in [9.17, 15) is 9.90 Å². The molecule has 1 aromatic carbocycles. The Morgan fingerprint density at radius 1 is 1.53 bits per heavy atom. The van der Waals surface area contributed by atoms with E-state index in [1.807, 2.05) is 6.92 Å². The van der Waals surface area contributed by atoms with Gasteiger partial charge in [0.15, 0.2) is 0 Å². The lowest BCUT2D eigenvalue weighted by atomic mass is 10.2. The summed E-state index contributed by atoms with van der Waals surface area (Å²) < 4.78 is 0. The molecule has 1 aromatic heterocycles. The fraction of sp³-hybridized carbons (Fsp3) is 0.231. The Kier molecular flexibility index (Phi) is 4.13. The SMILES string of the molecule is CC(N)c1nc(C(=O)NCc2ccccc2O)cs1. The molecule has 1 heterocycles. The molecule has 0 aliphatic rings. The van der Waals surface area contributed by atoms with E-state index in [1.54, 1.807) is 29.6 Å². The van der Waals surface area contributed by atoms with Crippen LogP contribution in [-0.2, 0) is 6.54 Å². The molecule has 4 N–H and O–H groups in total. The van der Waals surface area contributed by atoms with Gasteiger partial charge in [0.2, 0.25) is 0 Å². The van der Waals surface area contributed by atoms with Gasteiger partial charge in [0.05, 0.1) is 6.04 Å². The molecule has 2 rings (SSSR count). The lowest BCUT2D eigenvalue weighted by molar-refractivity contribution is 0.0946. The Morgan fingerprint density at radius 3 is 2.89 bits per heavy atom. The number of thiazole rings is 1. The Balaban J connectivity index is 1.99. The third-order valence-corrected chi connectivity index (χ3v) is 3.62. The van der Waals surface area contributed by atoms with Gasteiger partial charge in [-0.25, -0.2) is 4.98 Å². The van der Waals surface area contributed by atoms with Crippen molar-refractivity contribution in [3.05, 3.63) is 45.9 Å². The molecule has 1 amide bonds. The molecular formula is C13H15N3O2S. The molecule has 0 bridgehead atoms.